The third-order valence-corrected chi connectivity index (χ3v) is 4.89. The van der Waals surface area contributed by atoms with Crippen molar-refractivity contribution in [2.24, 2.45) is 0 Å². The van der Waals surface area contributed by atoms with Crippen molar-refractivity contribution in [3.8, 4) is 17.2 Å². The Bertz CT molecular complexity index is 976. The average Bonchev–Trinajstić information content (AvgIpc) is 2.72. The van der Waals surface area contributed by atoms with Gasteiger partial charge in [0, 0.05) is 10.0 Å². The van der Waals surface area contributed by atoms with Gasteiger partial charge in [-0.1, -0.05) is 67.0 Å². The predicted molar refractivity (Wildman–Crippen MR) is 121 cm³/mol. The molecule has 0 aromatic heterocycles. The molecule has 0 saturated heterocycles. The second-order valence-electron chi connectivity index (χ2n) is 7.90. The van der Waals surface area contributed by atoms with Gasteiger partial charge in [0.25, 0.3) is 0 Å². The van der Waals surface area contributed by atoms with Crippen molar-refractivity contribution in [3.63, 3.8) is 0 Å². The molecule has 4 nitrogen and oxygen atoms in total. The number of hydrogen-bond donors (Lipinski definition) is 0. The van der Waals surface area contributed by atoms with Crippen molar-refractivity contribution >= 4 is 21.9 Å². The van der Waals surface area contributed by atoms with Crippen LogP contribution in [0.4, 0.5) is 0 Å². The van der Waals surface area contributed by atoms with Gasteiger partial charge >= 0.3 is 5.97 Å². The highest BCUT2D eigenvalue weighted by Crippen LogP contribution is 2.33. The quantitative estimate of drug-likeness (QED) is 0.301. The van der Waals surface area contributed by atoms with Crippen LogP contribution in [0.25, 0.3) is 0 Å². The van der Waals surface area contributed by atoms with Gasteiger partial charge < -0.3 is 14.2 Å². The number of carbonyl (C=O) groups excluding carboxylic acids is 1. The van der Waals surface area contributed by atoms with E-state index in [1.807, 2.05) is 48.5 Å². The maximum atomic E-state index is 12.2. The minimum absolute atomic E-state index is 0.113. The van der Waals surface area contributed by atoms with E-state index >= 15 is 0 Å². The molecule has 0 N–H and O–H groups in total. The van der Waals surface area contributed by atoms with Crippen molar-refractivity contribution in [3.05, 3.63) is 88.4 Å². The highest BCUT2D eigenvalue weighted by atomic mass is 79.9. The first-order valence-corrected chi connectivity index (χ1v) is 10.5. The first-order chi connectivity index (χ1) is 14.3. The molecule has 3 aromatic rings. The van der Waals surface area contributed by atoms with Crippen molar-refractivity contribution in [2.75, 3.05) is 6.61 Å². The molecule has 0 aliphatic rings. The number of halogens is 1. The van der Waals surface area contributed by atoms with Crippen LogP contribution in [-0.4, -0.2) is 12.6 Å². The molecule has 0 bridgehead atoms. The molecule has 30 heavy (non-hydrogen) atoms. The van der Waals surface area contributed by atoms with Crippen LogP contribution in [0.2, 0.25) is 0 Å². The molecule has 156 valence electrons. The van der Waals surface area contributed by atoms with Crippen LogP contribution in [0.15, 0.2) is 77.3 Å². The summed E-state index contributed by atoms with van der Waals surface area (Å²) in [4.78, 5) is 12.2. The van der Waals surface area contributed by atoms with Gasteiger partial charge in [-0.3, -0.25) is 0 Å². The van der Waals surface area contributed by atoms with E-state index in [0.717, 1.165) is 15.6 Å². The fraction of sp³-hybridized carbons (Fsp3) is 0.240. The summed E-state index contributed by atoms with van der Waals surface area (Å²) in [5.41, 5.74) is 2.00. The zero-order chi connectivity index (χ0) is 21.6. The van der Waals surface area contributed by atoms with Gasteiger partial charge in [-0.15, -0.1) is 0 Å². The monoisotopic (exact) mass is 468 g/mol. The summed E-state index contributed by atoms with van der Waals surface area (Å²) in [6.07, 6.45) is 0. The smallest absolute Gasteiger partial charge is 0.349 e. The standard InChI is InChI=1S/C25H25BrO4/c1-25(2,3)22-15-19(26)9-14-23(22)29-17-24(27)30-21-12-10-20(11-13-21)28-16-18-7-5-4-6-8-18/h4-15H,16-17H2,1-3H3. The molecule has 3 rings (SSSR count). The maximum absolute atomic E-state index is 12.2. The highest BCUT2D eigenvalue weighted by molar-refractivity contribution is 9.10. The van der Waals surface area contributed by atoms with Gasteiger partial charge in [-0.2, -0.15) is 0 Å². The molecular formula is C25H25BrO4. The fourth-order valence-electron chi connectivity index (χ4n) is 2.86. The highest BCUT2D eigenvalue weighted by Gasteiger charge is 2.20. The zero-order valence-corrected chi connectivity index (χ0v) is 18.9. The van der Waals surface area contributed by atoms with E-state index in [1.165, 1.54) is 0 Å². The van der Waals surface area contributed by atoms with Gasteiger partial charge in [0.15, 0.2) is 6.61 Å². The van der Waals surface area contributed by atoms with Gasteiger partial charge in [-0.25, -0.2) is 4.79 Å². The lowest BCUT2D eigenvalue weighted by Crippen LogP contribution is -2.20. The van der Waals surface area contributed by atoms with E-state index in [9.17, 15) is 4.79 Å². The summed E-state index contributed by atoms with van der Waals surface area (Å²) in [5, 5.41) is 0. The van der Waals surface area contributed by atoms with Crippen molar-refractivity contribution in [2.45, 2.75) is 32.8 Å². The Labute approximate surface area is 185 Å². The minimum atomic E-state index is -0.462. The topological polar surface area (TPSA) is 44.8 Å². The molecule has 0 amide bonds. The second kappa shape index (κ2) is 9.81. The fourth-order valence-corrected chi connectivity index (χ4v) is 3.22. The third kappa shape index (κ3) is 6.36. The zero-order valence-electron chi connectivity index (χ0n) is 17.4. The molecule has 3 aromatic carbocycles. The Kier molecular flexibility index (Phi) is 7.16. The van der Waals surface area contributed by atoms with Crippen molar-refractivity contribution < 1.29 is 19.0 Å². The maximum Gasteiger partial charge on any atom is 0.349 e. The average molecular weight is 469 g/mol. The lowest BCUT2D eigenvalue weighted by atomic mass is 9.86. The summed E-state index contributed by atoms with van der Waals surface area (Å²) in [5.74, 6) is 1.37. The van der Waals surface area contributed by atoms with Gasteiger partial charge in [-0.05, 0) is 53.4 Å². The molecule has 0 atom stereocenters. The number of rotatable bonds is 7. The molecule has 0 saturated carbocycles. The van der Waals surface area contributed by atoms with E-state index in [2.05, 4.69) is 36.7 Å². The van der Waals surface area contributed by atoms with E-state index in [-0.39, 0.29) is 12.0 Å². The molecular weight excluding hydrogens is 444 g/mol. The van der Waals surface area contributed by atoms with Crippen LogP contribution in [0.1, 0.15) is 31.9 Å². The SMILES string of the molecule is CC(C)(C)c1cc(Br)ccc1OCC(=O)Oc1ccc(OCc2ccccc2)cc1. The second-order valence-corrected chi connectivity index (χ2v) is 8.81. The largest absolute Gasteiger partial charge is 0.489 e. The predicted octanol–water partition coefficient (Wildman–Crippen LogP) is 6.31. The molecule has 5 heteroatoms. The Morgan fingerprint density at radius 3 is 2.20 bits per heavy atom. The van der Waals surface area contributed by atoms with Crippen LogP contribution < -0.4 is 14.2 Å². The number of esters is 1. The molecule has 0 aliphatic carbocycles. The first-order valence-electron chi connectivity index (χ1n) is 9.71. The van der Waals surface area contributed by atoms with Crippen molar-refractivity contribution in [1.82, 2.24) is 0 Å². The Morgan fingerprint density at radius 1 is 0.867 bits per heavy atom. The Balaban J connectivity index is 1.53. The van der Waals surface area contributed by atoms with Crippen LogP contribution in [0.3, 0.4) is 0 Å². The lowest BCUT2D eigenvalue weighted by Gasteiger charge is -2.23. The first kappa shape index (κ1) is 21.9. The minimum Gasteiger partial charge on any atom is -0.489 e. The molecule has 0 unspecified atom stereocenters. The number of hydrogen-bond acceptors (Lipinski definition) is 4. The molecule has 0 spiro atoms. The van der Waals surface area contributed by atoms with Gasteiger partial charge in [0.05, 0.1) is 0 Å². The molecule has 0 fully saturated rings. The molecule has 0 aliphatic heterocycles. The van der Waals surface area contributed by atoms with Crippen LogP contribution in [-0.2, 0) is 16.8 Å². The lowest BCUT2D eigenvalue weighted by molar-refractivity contribution is -0.136. The van der Waals surface area contributed by atoms with Crippen LogP contribution in [0, 0.1) is 0 Å². The van der Waals surface area contributed by atoms with Gasteiger partial charge in [0.1, 0.15) is 23.9 Å². The van der Waals surface area contributed by atoms with Gasteiger partial charge in [0.2, 0.25) is 0 Å². The van der Waals surface area contributed by atoms with E-state index < -0.39 is 5.97 Å². The summed E-state index contributed by atoms with van der Waals surface area (Å²) in [6, 6.07) is 22.7. The number of benzene rings is 3. The molecule has 0 heterocycles. The summed E-state index contributed by atoms with van der Waals surface area (Å²) in [6.45, 7) is 6.61. The third-order valence-electron chi connectivity index (χ3n) is 4.40. The van der Waals surface area contributed by atoms with E-state index in [1.54, 1.807) is 24.3 Å². The normalized spacial score (nSPS) is 11.1. The van der Waals surface area contributed by atoms with Crippen LogP contribution >= 0.6 is 15.9 Å². The number of ether oxygens (including phenoxy) is 3. The number of carbonyl (C=O) groups is 1. The summed E-state index contributed by atoms with van der Waals surface area (Å²) >= 11 is 3.49. The van der Waals surface area contributed by atoms with E-state index in [4.69, 9.17) is 14.2 Å². The van der Waals surface area contributed by atoms with E-state index in [0.29, 0.717) is 23.9 Å². The Morgan fingerprint density at radius 2 is 1.53 bits per heavy atom. The molecule has 0 radical (unpaired) electrons. The van der Waals surface area contributed by atoms with Crippen molar-refractivity contribution in [1.29, 1.82) is 0 Å². The Hall–Kier alpha value is -2.79. The summed E-state index contributed by atoms with van der Waals surface area (Å²) in [7, 11) is 0. The van der Waals surface area contributed by atoms with Crippen LogP contribution in [0.5, 0.6) is 17.2 Å². The summed E-state index contributed by atoms with van der Waals surface area (Å²) < 4.78 is 17.8.